The molecule has 0 aliphatic heterocycles. The van der Waals surface area contributed by atoms with Gasteiger partial charge in [-0.3, -0.25) is 0 Å². The maximum atomic E-state index is 12.5. The van der Waals surface area contributed by atoms with E-state index in [0.717, 1.165) is 0 Å². The standard InChI is InChI=1S/C10H11F3O.C2H6/c1-2-9(14,10(11,12)13)8-6-4-3-5-7-8;1-2/h3-7,14H,2H2,1H3;1-2H3. The molecule has 0 spiro atoms. The number of halogens is 3. The molecule has 1 rings (SSSR count). The third-order valence-electron chi connectivity index (χ3n) is 2.23. The van der Waals surface area contributed by atoms with Crippen molar-refractivity contribution in [3.63, 3.8) is 0 Å². The molecule has 0 aliphatic carbocycles. The van der Waals surface area contributed by atoms with Gasteiger partial charge >= 0.3 is 6.18 Å². The van der Waals surface area contributed by atoms with Crippen LogP contribution in [0.5, 0.6) is 0 Å². The molecule has 0 radical (unpaired) electrons. The van der Waals surface area contributed by atoms with E-state index >= 15 is 0 Å². The molecule has 0 aromatic heterocycles. The maximum Gasteiger partial charge on any atom is 0.421 e. The molecule has 0 saturated heterocycles. The van der Waals surface area contributed by atoms with Gasteiger partial charge in [0.2, 0.25) is 0 Å². The monoisotopic (exact) mass is 234 g/mol. The van der Waals surface area contributed by atoms with Crippen LogP contribution in [0.2, 0.25) is 0 Å². The van der Waals surface area contributed by atoms with E-state index in [0.29, 0.717) is 0 Å². The first-order valence-corrected chi connectivity index (χ1v) is 5.26. The lowest BCUT2D eigenvalue weighted by molar-refractivity contribution is -0.267. The molecule has 0 fully saturated rings. The Labute approximate surface area is 93.9 Å². The highest BCUT2D eigenvalue weighted by atomic mass is 19.4. The van der Waals surface area contributed by atoms with Crippen LogP contribution >= 0.6 is 0 Å². The Bertz CT molecular complexity index is 295. The molecule has 1 aromatic rings. The summed E-state index contributed by atoms with van der Waals surface area (Å²) in [4.78, 5) is 0. The van der Waals surface area contributed by atoms with Crippen molar-refractivity contribution in [2.45, 2.75) is 39.0 Å². The Morgan fingerprint density at radius 2 is 1.50 bits per heavy atom. The quantitative estimate of drug-likeness (QED) is 0.823. The number of hydrogen-bond acceptors (Lipinski definition) is 1. The van der Waals surface area contributed by atoms with Crippen LogP contribution in [0.4, 0.5) is 13.2 Å². The molecule has 1 nitrogen and oxygen atoms in total. The fourth-order valence-corrected chi connectivity index (χ4v) is 1.28. The Morgan fingerprint density at radius 3 is 1.81 bits per heavy atom. The number of benzene rings is 1. The first-order valence-electron chi connectivity index (χ1n) is 5.26. The molecule has 0 bridgehead atoms. The fourth-order valence-electron chi connectivity index (χ4n) is 1.28. The molecular weight excluding hydrogens is 217 g/mol. The van der Waals surface area contributed by atoms with Gasteiger partial charge in [-0.1, -0.05) is 51.1 Å². The molecule has 92 valence electrons. The molecule has 4 heteroatoms. The molecule has 0 amide bonds. The Hall–Kier alpha value is -1.03. The second-order valence-corrected chi connectivity index (χ2v) is 3.08. The zero-order valence-electron chi connectivity index (χ0n) is 9.67. The summed E-state index contributed by atoms with van der Waals surface area (Å²) in [5.41, 5.74) is -2.84. The lowest BCUT2D eigenvalue weighted by Gasteiger charge is -2.29. The summed E-state index contributed by atoms with van der Waals surface area (Å²) in [5, 5.41) is 9.50. The van der Waals surface area contributed by atoms with Gasteiger partial charge in [-0.25, -0.2) is 0 Å². The van der Waals surface area contributed by atoms with E-state index in [9.17, 15) is 18.3 Å². The Balaban J connectivity index is 0.00000106. The average Bonchev–Trinajstić information content (AvgIpc) is 2.30. The molecule has 1 N–H and O–H groups in total. The van der Waals surface area contributed by atoms with Crippen molar-refractivity contribution in [3.8, 4) is 0 Å². The first-order chi connectivity index (χ1) is 7.42. The molecule has 1 unspecified atom stereocenters. The van der Waals surface area contributed by atoms with Crippen molar-refractivity contribution in [2.24, 2.45) is 0 Å². The van der Waals surface area contributed by atoms with Crippen LogP contribution < -0.4 is 0 Å². The van der Waals surface area contributed by atoms with Gasteiger partial charge in [0.15, 0.2) is 5.60 Å². The van der Waals surface area contributed by atoms with E-state index in [4.69, 9.17) is 0 Å². The zero-order chi connectivity index (χ0) is 12.8. The van der Waals surface area contributed by atoms with E-state index in [2.05, 4.69) is 0 Å². The van der Waals surface area contributed by atoms with Crippen molar-refractivity contribution in [2.75, 3.05) is 0 Å². The largest absolute Gasteiger partial charge is 0.421 e. The number of rotatable bonds is 2. The summed E-state index contributed by atoms with van der Waals surface area (Å²) in [7, 11) is 0. The average molecular weight is 234 g/mol. The van der Waals surface area contributed by atoms with E-state index in [-0.39, 0.29) is 12.0 Å². The predicted octanol–water partition coefficient (Wildman–Crippen LogP) is 3.87. The molecule has 1 atom stereocenters. The predicted molar refractivity (Wildman–Crippen MR) is 58.0 cm³/mol. The topological polar surface area (TPSA) is 20.2 Å². The van der Waals surface area contributed by atoms with Crippen molar-refractivity contribution >= 4 is 0 Å². The van der Waals surface area contributed by atoms with Gasteiger partial charge in [0.05, 0.1) is 0 Å². The van der Waals surface area contributed by atoms with Crippen LogP contribution in [0.25, 0.3) is 0 Å². The number of hydrogen-bond donors (Lipinski definition) is 1. The highest BCUT2D eigenvalue weighted by Gasteiger charge is 2.53. The van der Waals surface area contributed by atoms with Crippen LogP contribution in [0.15, 0.2) is 30.3 Å². The summed E-state index contributed by atoms with van der Waals surface area (Å²) in [6.45, 7) is 5.31. The van der Waals surface area contributed by atoms with Crippen LogP contribution in [-0.4, -0.2) is 11.3 Å². The second kappa shape index (κ2) is 5.89. The van der Waals surface area contributed by atoms with Gasteiger partial charge in [-0.15, -0.1) is 0 Å². The normalized spacial score (nSPS) is 14.7. The summed E-state index contributed by atoms with van der Waals surface area (Å²) in [5.74, 6) is 0. The molecule has 16 heavy (non-hydrogen) atoms. The van der Waals surface area contributed by atoms with Gasteiger partial charge < -0.3 is 5.11 Å². The van der Waals surface area contributed by atoms with E-state index in [1.807, 2.05) is 13.8 Å². The van der Waals surface area contributed by atoms with Gasteiger partial charge in [0.25, 0.3) is 0 Å². The zero-order valence-corrected chi connectivity index (χ0v) is 9.67. The lowest BCUT2D eigenvalue weighted by atomic mass is 9.90. The molecule has 0 saturated carbocycles. The van der Waals surface area contributed by atoms with Crippen LogP contribution in [0.3, 0.4) is 0 Å². The van der Waals surface area contributed by atoms with Gasteiger partial charge in [0.1, 0.15) is 0 Å². The first kappa shape index (κ1) is 15.0. The van der Waals surface area contributed by atoms with Gasteiger partial charge in [-0.05, 0) is 12.0 Å². The molecule has 1 aromatic carbocycles. The van der Waals surface area contributed by atoms with Gasteiger partial charge in [0, 0.05) is 0 Å². The maximum absolute atomic E-state index is 12.5. The highest BCUT2D eigenvalue weighted by molar-refractivity contribution is 5.23. The van der Waals surface area contributed by atoms with Crippen molar-refractivity contribution in [1.82, 2.24) is 0 Å². The minimum absolute atomic E-state index is 0.116. The van der Waals surface area contributed by atoms with E-state index < -0.39 is 11.8 Å². The summed E-state index contributed by atoms with van der Waals surface area (Å²) in [6.07, 6.45) is -5.02. The lowest BCUT2D eigenvalue weighted by Crippen LogP contribution is -2.41. The SMILES string of the molecule is CC.CCC(O)(c1ccccc1)C(F)(F)F. The molecular formula is C12H17F3O. The van der Waals surface area contributed by atoms with Crippen LogP contribution in [0, 0.1) is 0 Å². The summed E-state index contributed by atoms with van der Waals surface area (Å²) < 4.78 is 37.6. The van der Waals surface area contributed by atoms with E-state index in [1.165, 1.54) is 31.2 Å². The number of alkyl halides is 3. The minimum Gasteiger partial charge on any atom is -0.376 e. The van der Waals surface area contributed by atoms with Crippen molar-refractivity contribution in [3.05, 3.63) is 35.9 Å². The van der Waals surface area contributed by atoms with Crippen LogP contribution in [-0.2, 0) is 5.60 Å². The summed E-state index contributed by atoms with van der Waals surface area (Å²) >= 11 is 0. The fraction of sp³-hybridized carbons (Fsp3) is 0.500. The van der Waals surface area contributed by atoms with Crippen molar-refractivity contribution < 1.29 is 18.3 Å². The molecule has 0 aliphatic rings. The molecule has 0 heterocycles. The van der Waals surface area contributed by atoms with Gasteiger partial charge in [-0.2, -0.15) is 13.2 Å². The van der Waals surface area contributed by atoms with E-state index in [1.54, 1.807) is 6.07 Å². The Kier molecular flexibility index (Phi) is 5.51. The smallest absolute Gasteiger partial charge is 0.376 e. The highest BCUT2D eigenvalue weighted by Crippen LogP contribution is 2.41. The third kappa shape index (κ3) is 2.98. The second-order valence-electron chi connectivity index (χ2n) is 3.08. The Morgan fingerprint density at radius 1 is 1.06 bits per heavy atom. The summed E-state index contributed by atoms with van der Waals surface area (Å²) in [6, 6.07) is 7.10. The van der Waals surface area contributed by atoms with Crippen LogP contribution in [0.1, 0.15) is 32.8 Å². The minimum atomic E-state index is -4.64. The third-order valence-corrected chi connectivity index (χ3v) is 2.23. The van der Waals surface area contributed by atoms with Crippen molar-refractivity contribution in [1.29, 1.82) is 0 Å². The number of aliphatic hydroxyl groups is 1.